The fourth-order valence-electron chi connectivity index (χ4n) is 3.54. The summed E-state index contributed by atoms with van der Waals surface area (Å²) in [6.45, 7) is 6.37. The number of likely N-dealkylation sites (tertiary alicyclic amines) is 1. The lowest BCUT2D eigenvalue weighted by atomic mass is 9.84. The van der Waals surface area contributed by atoms with Gasteiger partial charge in [0, 0.05) is 6.04 Å². The first kappa shape index (κ1) is 15.1. The van der Waals surface area contributed by atoms with Crippen molar-refractivity contribution in [3.05, 3.63) is 22.2 Å². The number of ether oxygens (including phenoxy) is 2. The van der Waals surface area contributed by atoms with Crippen LogP contribution in [-0.2, 0) is 0 Å². The van der Waals surface area contributed by atoms with E-state index in [9.17, 15) is 0 Å². The molecule has 0 radical (unpaired) electrons. The number of halogens is 1. The number of piperidine rings is 1. The monoisotopic (exact) mass is 354 g/mol. The van der Waals surface area contributed by atoms with Gasteiger partial charge in [0.2, 0.25) is 0 Å². The highest BCUT2D eigenvalue weighted by Gasteiger charge is 2.32. The second kappa shape index (κ2) is 6.55. The molecular formula is C16H23BrN2O2. The van der Waals surface area contributed by atoms with E-state index in [1.165, 1.54) is 18.4 Å². The molecule has 0 saturated carbocycles. The van der Waals surface area contributed by atoms with E-state index in [1.54, 1.807) is 0 Å². The largest absolute Gasteiger partial charge is 0.486 e. The molecule has 0 amide bonds. The maximum atomic E-state index is 6.03. The zero-order valence-corrected chi connectivity index (χ0v) is 14.1. The van der Waals surface area contributed by atoms with Gasteiger partial charge < -0.3 is 15.2 Å². The van der Waals surface area contributed by atoms with Gasteiger partial charge in [-0.3, -0.25) is 4.90 Å². The van der Waals surface area contributed by atoms with Crippen molar-refractivity contribution in [2.75, 3.05) is 32.8 Å². The highest BCUT2D eigenvalue weighted by molar-refractivity contribution is 9.10. The van der Waals surface area contributed by atoms with Crippen molar-refractivity contribution >= 4 is 15.9 Å². The van der Waals surface area contributed by atoms with E-state index < -0.39 is 0 Å². The molecule has 0 spiro atoms. The first-order chi connectivity index (χ1) is 10.2. The number of fused-ring (bicyclic) bond motifs is 1. The SMILES string of the molecule is CCN1CCCC(CN)C1c1cc(Br)c2c(c1)OCCO2. The Morgan fingerprint density at radius 1 is 1.33 bits per heavy atom. The van der Waals surface area contributed by atoms with Crippen LogP contribution < -0.4 is 15.2 Å². The normalized spacial score (nSPS) is 25.9. The topological polar surface area (TPSA) is 47.7 Å². The molecule has 4 nitrogen and oxygen atoms in total. The Labute approximate surface area is 134 Å². The Morgan fingerprint density at radius 2 is 2.14 bits per heavy atom. The third-order valence-electron chi connectivity index (χ3n) is 4.53. The lowest BCUT2D eigenvalue weighted by molar-refractivity contribution is 0.101. The highest BCUT2D eigenvalue weighted by atomic mass is 79.9. The van der Waals surface area contributed by atoms with E-state index in [0.717, 1.165) is 35.6 Å². The quantitative estimate of drug-likeness (QED) is 0.906. The predicted octanol–water partition coefficient (Wildman–Crippen LogP) is 2.95. The maximum absolute atomic E-state index is 6.03. The van der Waals surface area contributed by atoms with Gasteiger partial charge in [-0.1, -0.05) is 6.92 Å². The van der Waals surface area contributed by atoms with Crippen molar-refractivity contribution in [3.8, 4) is 11.5 Å². The second-order valence-corrected chi connectivity index (χ2v) is 6.59. The van der Waals surface area contributed by atoms with Gasteiger partial charge in [0.15, 0.2) is 11.5 Å². The van der Waals surface area contributed by atoms with Crippen LogP contribution in [-0.4, -0.2) is 37.7 Å². The van der Waals surface area contributed by atoms with Crippen LogP contribution in [0.25, 0.3) is 0 Å². The Hall–Kier alpha value is -0.780. The Bertz CT molecular complexity index is 497. The summed E-state index contributed by atoms with van der Waals surface area (Å²) in [7, 11) is 0. The maximum Gasteiger partial charge on any atom is 0.175 e. The van der Waals surface area contributed by atoms with Crippen LogP contribution in [0, 0.1) is 5.92 Å². The summed E-state index contributed by atoms with van der Waals surface area (Å²) in [5, 5.41) is 0. The van der Waals surface area contributed by atoms with Gasteiger partial charge in [0.05, 0.1) is 4.47 Å². The van der Waals surface area contributed by atoms with Crippen molar-refractivity contribution < 1.29 is 9.47 Å². The van der Waals surface area contributed by atoms with E-state index in [2.05, 4.69) is 39.9 Å². The molecule has 21 heavy (non-hydrogen) atoms. The molecule has 2 aliphatic heterocycles. The summed E-state index contributed by atoms with van der Waals surface area (Å²) in [6, 6.07) is 4.69. The van der Waals surface area contributed by atoms with E-state index in [4.69, 9.17) is 15.2 Å². The molecule has 2 unspecified atom stereocenters. The molecule has 116 valence electrons. The van der Waals surface area contributed by atoms with Crippen molar-refractivity contribution in [3.63, 3.8) is 0 Å². The summed E-state index contributed by atoms with van der Waals surface area (Å²) in [6.07, 6.45) is 2.43. The van der Waals surface area contributed by atoms with Crippen LogP contribution >= 0.6 is 15.9 Å². The fourth-order valence-corrected chi connectivity index (χ4v) is 4.11. The Balaban J connectivity index is 1.98. The van der Waals surface area contributed by atoms with Crippen molar-refractivity contribution in [1.29, 1.82) is 0 Å². The average molecular weight is 355 g/mol. The standard InChI is InChI=1S/C16H23BrN2O2/c1-2-19-5-3-4-11(10-18)15(19)12-8-13(17)16-14(9-12)20-6-7-21-16/h8-9,11,15H,2-7,10,18H2,1H3. The molecule has 1 saturated heterocycles. The Kier molecular flexibility index (Phi) is 4.72. The van der Waals surface area contributed by atoms with Crippen molar-refractivity contribution in [2.45, 2.75) is 25.8 Å². The molecule has 1 aromatic carbocycles. The number of hydrogen-bond acceptors (Lipinski definition) is 4. The van der Waals surface area contributed by atoms with Gasteiger partial charge in [-0.2, -0.15) is 0 Å². The minimum absolute atomic E-state index is 0.376. The second-order valence-electron chi connectivity index (χ2n) is 5.74. The summed E-state index contributed by atoms with van der Waals surface area (Å²) >= 11 is 3.63. The molecule has 1 aromatic rings. The van der Waals surface area contributed by atoms with Crippen molar-refractivity contribution in [1.82, 2.24) is 4.90 Å². The van der Waals surface area contributed by atoms with Crippen LogP contribution in [0.1, 0.15) is 31.4 Å². The Morgan fingerprint density at radius 3 is 2.90 bits per heavy atom. The molecule has 2 aliphatic rings. The van der Waals surface area contributed by atoms with Crippen LogP contribution in [0.3, 0.4) is 0 Å². The fraction of sp³-hybridized carbons (Fsp3) is 0.625. The molecule has 2 atom stereocenters. The third kappa shape index (κ3) is 2.91. The molecule has 1 fully saturated rings. The lowest BCUT2D eigenvalue weighted by Gasteiger charge is -2.41. The van der Waals surface area contributed by atoms with E-state index >= 15 is 0 Å². The smallest absolute Gasteiger partial charge is 0.175 e. The van der Waals surface area contributed by atoms with E-state index in [0.29, 0.717) is 25.2 Å². The molecule has 0 aliphatic carbocycles. The summed E-state index contributed by atoms with van der Waals surface area (Å²) in [5.74, 6) is 2.18. The number of hydrogen-bond donors (Lipinski definition) is 1. The van der Waals surface area contributed by atoms with Gasteiger partial charge >= 0.3 is 0 Å². The summed E-state index contributed by atoms with van der Waals surface area (Å²) in [5.41, 5.74) is 7.31. The molecule has 3 rings (SSSR count). The first-order valence-electron chi connectivity index (χ1n) is 7.77. The first-order valence-corrected chi connectivity index (χ1v) is 8.57. The molecule has 0 aromatic heterocycles. The molecule has 5 heteroatoms. The number of benzene rings is 1. The minimum atomic E-state index is 0.376. The van der Waals surface area contributed by atoms with Crippen molar-refractivity contribution in [2.24, 2.45) is 11.7 Å². The zero-order valence-electron chi connectivity index (χ0n) is 12.5. The van der Waals surface area contributed by atoms with Crippen LogP contribution in [0.2, 0.25) is 0 Å². The lowest BCUT2D eigenvalue weighted by Crippen LogP contribution is -2.41. The van der Waals surface area contributed by atoms with Gasteiger partial charge in [-0.05, 0) is 72.0 Å². The van der Waals surface area contributed by atoms with Crippen LogP contribution in [0.15, 0.2) is 16.6 Å². The number of rotatable bonds is 3. The average Bonchev–Trinajstić information content (AvgIpc) is 2.54. The van der Waals surface area contributed by atoms with Gasteiger partial charge in [-0.25, -0.2) is 0 Å². The minimum Gasteiger partial charge on any atom is -0.486 e. The molecule has 2 N–H and O–H groups in total. The zero-order chi connectivity index (χ0) is 14.8. The summed E-state index contributed by atoms with van der Waals surface area (Å²) in [4.78, 5) is 2.53. The van der Waals surface area contributed by atoms with Gasteiger partial charge in [0.1, 0.15) is 13.2 Å². The molecular weight excluding hydrogens is 332 g/mol. The van der Waals surface area contributed by atoms with E-state index in [-0.39, 0.29) is 0 Å². The van der Waals surface area contributed by atoms with Gasteiger partial charge in [-0.15, -0.1) is 0 Å². The van der Waals surface area contributed by atoms with Crippen LogP contribution in [0.5, 0.6) is 11.5 Å². The summed E-state index contributed by atoms with van der Waals surface area (Å²) < 4.78 is 12.4. The highest BCUT2D eigenvalue weighted by Crippen LogP contribution is 2.43. The van der Waals surface area contributed by atoms with E-state index in [1.807, 2.05) is 0 Å². The van der Waals surface area contributed by atoms with Crippen LogP contribution in [0.4, 0.5) is 0 Å². The number of nitrogens with zero attached hydrogens (tertiary/aromatic N) is 1. The van der Waals surface area contributed by atoms with Gasteiger partial charge in [0.25, 0.3) is 0 Å². The third-order valence-corrected chi connectivity index (χ3v) is 5.12. The number of nitrogens with two attached hydrogens (primary N) is 1. The molecule has 0 bridgehead atoms. The molecule has 2 heterocycles. The predicted molar refractivity (Wildman–Crippen MR) is 86.9 cm³/mol.